The Bertz CT molecular complexity index is 789. The minimum absolute atomic E-state index is 0.162. The van der Waals surface area contributed by atoms with Crippen LogP contribution in [0.4, 0.5) is 16.5 Å². The Kier molecular flexibility index (Phi) is 4.35. The van der Waals surface area contributed by atoms with E-state index in [1.165, 1.54) is 23.6 Å². The Morgan fingerprint density at radius 3 is 2.71 bits per heavy atom. The Balaban J connectivity index is 2.23. The number of halogens is 1. The number of rotatable bonds is 4. The molecule has 0 aliphatic rings. The number of nitrogens with one attached hydrogen (secondary N) is 2. The first kappa shape index (κ1) is 15.5. The smallest absolute Gasteiger partial charge is 0.275 e. The van der Waals surface area contributed by atoms with E-state index in [1.807, 2.05) is 0 Å². The maximum absolute atomic E-state index is 12.0. The van der Waals surface area contributed by atoms with Crippen LogP contribution in [0.2, 0.25) is 5.02 Å². The number of nitrogens with zero attached hydrogens (tertiary/aromatic N) is 1. The fourth-order valence-electron chi connectivity index (χ4n) is 1.48. The van der Waals surface area contributed by atoms with Gasteiger partial charge in [0.25, 0.3) is 5.91 Å². The second-order valence-electron chi connectivity index (χ2n) is 4.09. The zero-order valence-electron chi connectivity index (χ0n) is 10.8. The molecular formula is C11H11ClN4O3S2. The lowest BCUT2D eigenvalue weighted by molar-refractivity contribution is 0.102. The van der Waals surface area contributed by atoms with Crippen molar-refractivity contribution in [2.75, 3.05) is 22.0 Å². The summed E-state index contributed by atoms with van der Waals surface area (Å²) in [5, 5.41) is 4.61. The van der Waals surface area contributed by atoms with Crippen molar-refractivity contribution < 1.29 is 13.2 Å². The lowest BCUT2D eigenvalue weighted by Crippen LogP contribution is -2.14. The number of carbonyl (C=O) groups is 1. The van der Waals surface area contributed by atoms with Gasteiger partial charge in [0.05, 0.1) is 22.7 Å². The van der Waals surface area contributed by atoms with E-state index < -0.39 is 15.9 Å². The highest BCUT2D eigenvalue weighted by molar-refractivity contribution is 7.92. The first-order chi connectivity index (χ1) is 9.74. The second-order valence-corrected chi connectivity index (χ2v) is 7.14. The molecule has 1 aromatic heterocycles. The minimum atomic E-state index is -3.42. The molecule has 21 heavy (non-hydrogen) atoms. The van der Waals surface area contributed by atoms with Crippen LogP contribution in [0, 0.1) is 0 Å². The molecule has 0 radical (unpaired) electrons. The average molecular weight is 347 g/mol. The van der Waals surface area contributed by atoms with Crippen LogP contribution >= 0.6 is 22.9 Å². The van der Waals surface area contributed by atoms with E-state index >= 15 is 0 Å². The molecule has 10 heteroatoms. The summed E-state index contributed by atoms with van der Waals surface area (Å²) in [6, 6.07) is 4.37. The molecule has 1 amide bonds. The molecule has 0 aliphatic heterocycles. The van der Waals surface area contributed by atoms with Crippen LogP contribution in [0.1, 0.15) is 10.5 Å². The topological polar surface area (TPSA) is 114 Å². The molecule has 0 saturated carbocycles. The van der Waals surface area contributed by atoms with Gasteiger partial charge in [-0.3, -0.25) is 9.52 Å². The van der Waals surface area contributed by atoms with Crippen LogP contribution in [0.25, 0.3) is 0 Å². The summed E-state index contributed by atoms with van der Waals surface area (Å²) >= 11 is 7.11. The minimum Gasteiger partial charge on any atom is -0.375 e. The maximum atomic E-state index is 12.0. The number of nitrogen functional groups attached to an aromatic ring is 1. The molecule has 0 unspecified atom stereocenters. The normalized spacial score (nSPS) is 11.1. The summed E-state index contributed by atoms with van der Waals surface area (Å²) in [4.78, 5) is 15.8. The number of carbonyl (C=O) groups excluding carboxylic acids is 1. The molecule has 0 spiro atoms. The first-order valence-corrected chi connectivity index (χ1v) is 8.69. The van der Waals surface area contributed by atoms with Crippen LogP contribution < -0.4 is 15.8 Å². The number of hydrogen-bond acceptors (Lipinski definition) is 6. The summed E-state index contributed by atoms with van der Waals surface area (Å²) in [6.07, 6.45) is 1.03. The third-order valence-corrected chi connectivity index (χ3v) is 3.88. The van der Waals surface area contributed by atoms with E-state index in [0.717, 1.165) is 17.6 Å². The van der Waals surface area contributed by atoms with E-state index in [2.05, 4.69) is 15.0 Å². The molecule has 112 valence electrons. The van der Waals surface area contributed by atoms with E-state index in [-0.39, 0.29) is 27.2 Å². The van der Waals surface area contributed by atoms with E-state index in [1.54, 1.807) is 0 Å². The fourth-order valence-corrected chi connectivity index (χ4v) is 2.74. The number of aromatic nitrogens is 1. The van der Waals surface area contributed by atoms with Gasteiger partial charge in [-0.1, -0.05) is 11.6 Å². The van der Waals surface area contributed by atoms with Crippen LogP contribution in [0.5, 0.6) is 0 Å². The van der Waals surface area contributed by atoms with Gasteiger partial charge < -0.3 is 11.1 Å². The third-order valence-electron chi connectivity index (χ3n) is 2.27. The van der Waals surface area contributed by atoms with Gasteiger partial charge in [-0.25, -0.2) is 13.4 Å². The fraction of sp³-hybridized carbons (Fsp3) is 0.0909. The summed E-state index contributed by atoms with van der Waals surface area (Å²) in [5.74, 6) is -0.485. The standard InChI is InChI=1S/C11H11ClN4O3S2/c1-21(18,19)16-6-2-3-7(12)8(4-6)14-10(17)9-5-20-11(13)15-9/h2-5,16H,1H3,(H2,13,15)(H,14,17). The van der Waals surface area contributed by atoms with Gasteiger partial charge in [0.2, 0.25) is 10.0 Å². The van der Waals surface area contributed by atoms with Gasteiger partial charge >= 0.3 is 0 Å². The van der Waals surface area contributed by atoms with E-state index in [0.29, 0.717) is 0 Å². The average Bonchev–Trinajstić information content (AvgIpc) is 2.78. The van der Waals surface area contributed by atoms with Gasteiger partial charge in [-0.15, -0.1) is 11.3 Å². The van der Waals surface area contributed by atoms with E-state index in [4.69, 9.17) is 17.3 Å². The number of sulfonamides is 1. The maximum Gasteiger partial charge on any atom is 0.275 e. The SMILES string of the molecule is CS(=O)(=O)Nc1ccc(Cl)c(NC(=O)c2csc(N)n2)c1. The number of nitrogens with two attached hydrogens (primary N) is 1. The van der Waals surface area contributed by atoms with Crippen molar-refractivity contribution in [3.63, 3.8) is 0 Å². The van der Waals surface area contributed by atoms with Gasteiger partial charge in [-0.2, -0.15) is 0 Å². The number of anilines is 3. The highest BCUT2D eigenvalue weighted by Crippen LogP contribution is 2.26. The third kappa shape index (κ3) is 4.31. The highest BCUT2D eigenvalue weighted by atomic mass is 35.5. The van der Waals surface area contributed by atoms with E-state index in [9.17, 15) is 13.2 Å². The monoisotopic (exact) mass is 346 g/mol. The molecule has 0 aliphatic carbocycles. The molecule has 0 atom stereocenters. The van der Waals surface area contributed by atoms with Crippen LogP contribution in [-0.2, 0) is 10.0 Å². The Morgan fingerprint density at radius 2 is 2.14 bits per heavy atom. The van der Waals surface area contributed by atoms with Gasteiger partial charge in [0, 0.05) is 5.38 Å². The number of thiazole rings is 1. The van der Waals surface area contributed by atoms with Crippen molar-refractivity contribution >= 4 is 55.4 Å². The van der Waals surface area contributed by atoms with Crippen molar-refractivity contribution in [2.45, 2.75) is 0 Å². The molecule has 2 rings (SSSR count). The van der Waals surface area contributed by atoms with Crippen molar-refractivity contribution in [3.8, 4) is 0 Å². The second kappa shape index (κ2) is 5.88. The Hall–Kier alpha value is -1.84. The van der Waals surface area contributed by atoms with Crippen LogP contribution in [-0.4, -0.2) is 25.6 Å². The summed E-state index contributed by atoms with van der Waals surface area (Å²) < 4.78 is 24.7. The zero-order valence-corrected chi connectivity index (χ0v) is 13.1. The molecular weight excluding hydrogens is 336 g/mol. The molecule has 0 saturated heterocycles. The molecule has 1 aromatic carbocycles. The lowest BCUT2D eigenvalue weighted by Gasteiger charge is -2.09. The number of hydrogen-bond donors (Lipinski definition) is 3. The predicted octanol–water partition coefficient (Wildman–Crippen LogP) is 2.00. The van der Waals surface area contributed by atoms with Crippen LogP contribution in [0.15, 0.2) is 23.6 Å². The van der Waals surface area contributed by atoms with Crippen molar-refractivity contribution in [2.24, 2.45) is 0 Å². The number of amides is 1. The molecule has 0 bridgehead atoms. The lowest BCUT2D eigenvalue weighted by atomic mass is 10.2. The summed E-state index contributed by atoms with van der Waals surface area (Å²) in [6.45, 7) is 0. The summed E-state index contributed by atoms with van der Waals surface area (Å²) in [5.41, 5.74) is 6.17. The van der Waals surface area contributed by atoms with Gasteiger partial charge in [0.15, 0.2) is 5.13 Å². The van der Waals surface area contributed by atoms with Gasteiger partial charge in [0.1, 0.15) is 5.69 Å². The quantitative estimate of drug-likeness (QED) is 0.783. The zero-order chi connectivity index (χ0) is 15.6. The van der Waals surface area contributed by atoms with Crippen LogP contribution in [0.3, 0.4) is 0 Å². The summed E-state index contributed by atoms with van der Waals surface area (Å²) in [7, 11) is -3.42. The van der Waals surface area contributed by atoms with Gasteiger partial charge in [-0.05, 0) is 18.2 Å². The molecule has 0 fully saturated rings. The Morgan fingerprint density at radius 1 is 1.43 bits per heavy atom. The molecule has 2 aromatic rings. The van der Waals surface area contributed by atoms with Crippen molar-refractivity contribution in [1.82, 2.24) is 4.98 Å². The first-order valence-electron chi connectivity index (χ1n) is 5.54. The molecule has 4 N–H and O–H groups in total. The number of benzene rings is 1. The molecule has 1 heterocycles. The van der Waals surface area contributed by atoms with Crippen molar-refractivity contribution in [3.05, 3.63) is 34.3 Å². The largest absolute Gasteiger partial charge is 0.375 e. The highest BCUT2D eigenvalue weighted by Gasteiger charge is 2.13. The van der Waals surface area contributed by atoms with Crippen molar-refractivity contribution in [1.29, 1.82) is 0 Å². The predicted molar refractivity (Wildman–Crippen MR) is 84.4 cm³/mol. The molecule has 7 nitrogen and oxygen atoms in total. The Labute approximate surface area is 130 Å².